The summed E-state index contributed by atoms with van der Waals surface area (Å²) in [4.78, 5) is 0. The van der Waals surface area contributed by atoms with Crippen molar-refractivity contribution in [2.45, 2.75) is 40.9 Å². The van der Waals surface area contributed by atoms with E-state index < -0.39 is 0 Å². The summed E-state index contributed by atoms with van der Waals surface area (Å²) in [6, 6.07) is 3.52. The van der Waals surface area contributed by atoms with Crippen molar-refractivity contribution in [1.82, 2.24) is 0 Å². The van der Waals surface area contributed by atoms with Crippen LogP contribution >= 0.6 is 0 Å². The quantitative estimate of drug-likeness (QED) is 0.731. The van der Waals surface area contributed by atoms with E-state index in [1.54, 1.807) is 12.1 Å². The molecule has 0 spiro atoms. The molecule has 104 valence electrons. The summed E-state index contributed by atoms with van der Waals surface area (Å²) in [5, 5.41) is 28.4. The highest BCUT2D eigenvalue weighted by Crippen LogP contribution is 2.30. The van der Waals surface area contributed by atoms with Crippen LogP contribution in [0.4, 0.5) is 0 Å². The fourth-order valence-electron chi connectivity index (χ4n) is 1.96. The zero-order valence-corrected chi connectivity index (χ0v) is 12.0. The van der Waals surface area contributed by atoms with Crippen LogP contribution in [0.5, 0.6) is 5.75 Å². The molecule has 3 nitrogen and oxygen atoms in total. The first-order valence-corrected chi connectivity index (χ1v) is 6.30. The van der Waals surface area contributed by atoms with Crippen LogP contribution in [-0.4, -0.2) is 15.3 Å². The molecule has 3 heteroatoms. The zero-order chi connectivity index (χ0) is 14.6. The molecule has 0 aliphatic carbocycles. The van der Waals surface area contributed by atoms with Crippen molar-refractivity contribution in [1.29, 1.82) is 0 Å². The van der Waals surface area contributed by atoms with Crippen LogP contribution in [0.25, 0.3) is 5.57 Å². The molecule has 0 fully saturated rings. The number of benzene rings is 1. The van der Waals surface area contributed by atoms with Gasteiger partial charge in [0.2, 0.25) is 0 Å². The van der Waals surface area contributed by atoms with Crippen LogP contribution < -0.4 is 0 Å². The van der Waals surface area contributed by atoms with Gasteiger partial charge in [-0.25, -0.2) is 0 Å². The molecule has 0 bridgehead atoms. The van der Waals surface area contributed by atoms with Crippen LogP contribution in [0.1, 0.15) is 44.4 Å². The van der Waals surface area contributed by atoms with E-state index in [-0.39, 0.29) is 19.0 Å². The highest BCUT2D eigenvalue weighted by atomic mass is 16.3. The Morgan fingerprint density at radius 2 is 1.47 bits per heavy atom. The Bertz CT molecular complexity index is 492. The minimum Gasteiger partial charge on any atom is -0.507 e. The summed E-state index contributed by atoms with van der Waals surface area (Å²) in [6.07, 6.45) is 2.06. The number of rotatable bonds is 4. The summed E-state index contributed by atoms with van der Waals surface area (Å²) >= 11 is 0. The minimum absolute atomic E-state index is 0.0287. The van der Waals surface area contributed by atoms with Crippen LogP contribution in [0.3, 0.4) is 0 Å². The van der Waals surface area contributed by atoms with Crippen LogP contribution in [0.15, 0.2) is 29.4 Å². The second-order valence-electron chi connectivity index (χ2n) is 5.09. The van der Waals surface area contributed by atoms with Crippen LogP contribution in [0.2, 0.25) is 0 Å². The van der Waals surface area contributed by atoms with Crippen LogP contribution in [-0.2, 0) is 13.2 Å². The van der Waals surface area contributed by atoms with Crippen LogP contribution in [0, 0.1) is 0 Å². The molecular weight excluding hydrogens is 240 g/mol. The number of aliphatic hydroxyl groups excluding tert-OH is 2. The van der Waals surface area contributed by atoms with Gasteiger partial charge in [-0.3, -0.25) is 0 Å². The van der Waals surface area contributed by atoms with Gasteiger partial charge in [-0.2, -0.15) is 0 Å². The van der Waals surface area contributed by atoms with Crippen molar-refractivity contribution >= 4 is 5.57 Å². The van der Waals surface area contributed by atoms with E-state index in [0.717, 1.165) is 16.7 Å². The lowest BCUT2D eigenvalue weighted by Gasteiger charge is -2.13. The van der Waals surface area contributed by atoms with Gasteiger partial charge < -0.3 is 15.3 Å². The number of aliphatic hydroxyl groups is 2. The van der Waals surface area contributed by atoms with Crippen molar-refractivity contribution < 1.29 is 15.3 Å². The zero-order valence-electron chi connectivity index (χ0n) is 12.0. The van der Waals surface area contributed by atoms with Gasteiger partial charge in [0.15, 0.2) is 0 Å². The predicted molar refractivity (Wildman–Crippen MR) is 77.7 cm³/mol. The second kappa shape index (κ2) is 6.55. The molecule has 1 rings (SSSR count). The monoisotopic (exact) mass is 262 g/mol. The Morgan fingerprint density at radius 3 is 1.79 bits per heavy atom. The number of hydrogen-bond donors (Lipinski definition) is 3. The molecule has 0 aliphatic rings. The molecule has 1 aromatic rings. The molecule has 0 unspecified atom stereocenters. The average molecular weight is 262 g/mol. The third kappa shape index (κ3) is 3.69. The second-order valence-corrected chi connectivity index (χ2v) is 5.09. The molecule has 0 atom stereocenters. The SMILES string of the molecule is CC(C)=CC(=C(C)C)c1cc(CO)c(O)c(CO)c1. The van der Waals surface area contributed by atoms with Gasteiger partial charge in [-0.1, -0.05) is 17.2 Å². The Kier molecular flexibility index (Phi) is 5.33. The number of phenols is 1. The molecule has 0 saturated carbocycles. The highest BCUT2D eigenvalue weighted by molar-refractivity contribution is 5.78. The van der Waals surface area contributed by atoms with Gasteiger partial charge in [-0.05, 0) is 51.0 Å². The summed E-state index contributed by atoms with van der Waals surface area (Å²) in [6.45, 7) is 7.55. The summed E-state index contributed by atoms with van der Waals surface area (Å²) in [5.74, 6) is -0.0287. The molecule has 0 aromatic heterocycles. The predicted octanol–water partition coefficient (Wildman–Crippen LogP) is 3.14. The minimum atomic E-state index is -0.252. The van der Waals surface area contributed by atoms with E-state index in [4.69, 9.17) is 0 Å². The number of aromatic hydroxyl groups is 1. The van der Waals surface area contributed by atoms with Gasteiger partial charge in [0.25, 0.3) is 0 Å². The molecule has 0 saturated heterocycles. The highest BCUT2D eigenvalue weighted by Gasteiger charge is 2.11. The van der Waals surface area contributed by atoms with Crippen molar-refractivity contribution in [2.75, 3.05) is 0 Å². The summed E-state index contributed by atoms with van der Waals surface area (Å²) < 4.78 is 0. The molecule has 0 amide bonds. The fraction of sp³-hybridized carbons (Fsp3) is 0.375. The Labute approximate surface area is 114 Å². The van der Waals surface area contributed by atoms with E-state index in [1.165, 1.54) is 5.57 Å². The third-order valence-electron chi connectivity index (χ3n) is 2.89. The van der Waals surface area contributed by atoms with Gasteiger partial charge >= 0.3 is 0 Å². The van der Waals surface area contributed by atoms with E-state index in [2.05, 4.69) is 6.08 Å². The molecule has 0 aliphatic heterocycles. The molecule has 1 aromatic carbocycles. The van der Waals surface area contributed by atoms with Gasteiger partial charge in [0, 0.05) is 11.1 Å². The fourth-order valence-corrected chi connectivity index (χ4v) is 1.96. The lowest BCUT2D eigenvalue weighted by molar-refractivity contribution is 0.263. The average Bonchev–Trinajstić information content (AvgIpc) is 2.36. The number of hydrogen-bond acceptors (Lipinski definition) is 3. The summed E-state index contributed by atoms with van der Waals surface area (Å²) in [7, 11) is 0. The molecular formula is C16H22O3. The van der Waals surface area contributed by atoms with E-state index in [1.807, 2.05) is 27.7 Å². The Balaban J connectivity index is 3.49. The van der Waals surface area contributed by atoms with E-state index >= 15 is 0 Å². The first kappa shape index (κ1) is 15.5. The lowest BCUT2D eigenvalue weighted by atomic mass is 9.95. The van der Waals surface area contributed by atoms with E-state index in [0.29, 0.717) is 11.1 Å². The van der Waals surface area contributed by atoms with Crippen molar-refractivity contribution in [3.63, 3.8) is 0 Å². The maximum atomic E-state index is 9.86. The van der Waals surface area contributed by atoms with Gasteiger partial charge in [0.1, 0.15) is 5.75 Å². The first-order chi connectivity index (χ1) is 8.90. The standard InChI is InChI=1S/C16H22O3/c1-10(2)5-15(11(3)4)12-6-13(8-17)16(19)14(7-12)9-18/h5-7,17-19H,8-9H2,1-4H3. The van der Waals surface area contributed by atoms with Gasteiger partial charge in [0.05, 0.1) is 13.2 Å². The maximum absolute atomic E-state index is 9.86. The van der Waals surface area contributed by atoms with Crippen molar-refractivity contribution in [2.24, 2.45) is 0 Å². The first-order valence-electron chi connectivity index (χ1n) is 6.30. The molecule has 0 heterocycles. The Morgan fingerprint density at radius 1 is 1.00 bits per heavy atom. The molecule has 19 heavy (non-hydrogen) atoms. The van der Waals surface area contributed by atoms with Gasteiger partial charge in [-0.15, -0.1) is 0 Å². The van der Waals surface area contributed by atoms with E-state index in [9.17, 15) is 15.3 Å². The molecule has 0 radical (unpaired) electrons. The maximum Gasteiger partial charge on any atom is 0.126 e. The third-order valence-corrected chi connectivity index (χ3v) is 2.89. The Hall–Kier alpha value is -1.58. The normalized spacial score (nSPS) is 10.2. The number of allylic oxidation sites excluding steroid dienone is 4. The smallest absolute Gasteiger partial charge is 0.126 e. The van der Waals surface area contributed by atoms with Crippen molar-refractivity contribution in [3.05, 3.63) is 46.0 Å². The lowest BCUT2D eigenvalue weighted by Crippen LogP contribution is -1.96. The van der Waals surface area contributed by atoms with Crippen molar-refractivity contribution in [3.8, 4) is 5.75 Å². The molecule has 3 N–H and O–H groups in total. The summed E-state index contributed by atoms with van der Waals surface area (Å²) in [5.41, 5.74) is 5.11. The largest absolute Gasteiger partial charge is 0.507 e. The topological polar surface area (TPSA) is 60.7 Å².